The Kier molecular flexibility index (Phi) is 3.43. The highest BCUT2D eigenvalue weighted by Gasteiger charge is 2.49. The summed E-state index contributed by atoms with van der Waals surface area (Å²) in [7, 11) is 0. The first-order valence-corrected chi connectivity index (χ1v) is 7.10. The van der Waals surface area contributed by atoms with Gasteiger partial charge in [-0.2, -0.15) is 0 Å². The highest BCUT2D eigenvalue weighted by atomic mass is 16.2. The molecule has 3 rings (SSSR count). The van der Waals surface area contributed by atoms with Crippen LogP contribution in [0.1, 0.15) is 13.8 Å². The van der Waals surface area contributed by atoms with E-state index in [1.165, 1.54) is 0 Å². The SMILES string of the molecule is CC1(C)C2CNCC2CN1CC(=O)Nc1ncccn1. The minimum atomic E-state index is -0.0443. The third kappa shape index (κ3) is 2.41. The van der Waals surface area contributed by atoms with E-state index in [1.807, 2.05) is 0 Å². The standard InChI is InChI=1S/C14H21N5O/c1-14(2)11-7-15-6-10(11)8-19(14)9-12(20)18-13-16-4-3-5-17-13/h3-5,10-11,15H,6-9H2,1-2H3,(H,16,17,18,20). The molecule has 2 fully saturated rings. The molecule has 3 heterocycles. The van der Waals surface area contributed by atoms with E-state index < -0.39 is 0 Å². The predicted molar refractivity (Wildman–Crippen MR) is 76.2 cm³/mol. The molecule has 2 unspecified atom stereocenters. The molecular formula is C14H21N5O. The molecule has 0 radical (unpaired) electrons. The van der Waals surface area contributed by atoms with Gasteiger partial charge in [-0.25, -0.2) is 9.97 Å². The van der Waals surface area contributed by atoms with E-state index in [0.717, 1.165) is 19.6 Å². The zero-order valence-electron chi connectivity index (χ0n) is 12.0. The van der Waals surface area contributed by atoms with E-state index in [0.29, 0.717) is 24.3 Å². The number of hydrogen-bond donors (Lipinski definition) is 2. The summed E-state index contributed by atoms with van der Waals surface area (Å²) in [6.45, 7) is 7.96. The van der Waals surface area contributed by atoms with Gasteiger partial charge in [0.15, 0.2) is 0 Å². The minimum absolute atomic E-state index is 0.0443. The number of carbonyl (C=O) groups is 1. The lowest BCUT2D eigenvalue weighted by molar-refractivity contribution is -0.118. The lowest BCUT2D eigenvalue weighted by atomic mass is 9.85. The third-order valence-corrected chi connectivity index (χ3v) is 4.67. The van der Waals surface area contributed by atoms with Gasteiger partial charge in [0.25, 0.3) is 0 Å². The Labute approximate surface area is 119 Å². The first-order valence-electron chi connectivity index (χ1n) is 7.10. The van der Waals surface area contributed by atoms with Crippen molar-refractivity contribution < 1.29 is 4.79 Å². The number of amides is 1. The maximum absolute atomic E-state index is 12.1. The fourth-order valence-electron chi connectivity index (χ4n) is 3.47. The summed E-state index contributed by atoms with van der Waals surface area (Å²) in [5.74, 6) is 1.61. The number of rotatable bonds is 3. The maximum Gasteiger partial charge on any atom is 0.240 e. The predicted octanol–water partition coefficient (Wildman–Crippen LogP) is 0.345. The molecule has 1 aromatic heterocycles. The largest absolute Gasteiger partial charge is 0.316 e. The average molecular weight is 275 g/mol. The quantitative estimate of drug-likeness (QED) is 0.833. The molecular weight excluding hydrogens is 254 g/mol. The van der Waals surface area contributed by atoms with Crippen LogP contribution in [0.3, 0.4) is 0 Å². The van der Waals surface area contributed by atoms with Crippen molar-refractivity contribution >= 4 is 11.9 Å². The number of nitrogens with one attached hydrogen (secondary N) is 2. The van der Waals surface area contributed by atoms with Gasteiger partial charge in [0, 0.05) is 31.0 Å². The second kappa shape index (κ2) is 5.10. The summed E-state index contributed by atoms with van der Waals surface area (Å²) in [6, 6.07) is 1.73. The molecule has 1 aromatic rings. The smallest absolute Gasteiger partial charge is 0.240 e. The van der Waals surface area contributed by atoms with Gasteiger partial charge >= 0.3 is 0 Å². The maximum atomic E-state index is 12.1. The molecule has 2 aliphatic rings. The molecule has 0 saturated carbocycles. The zero-order chi connectivity index (χ0) is 14.2. The lowest BCUT2D eigenvalue weighted by Gasteiger charge is -2.35. The van der Waals surface area contributed by atoms with E-state index >= 15 is 0 Å². The highest BCUT2D eigenvalue weighted by Crippen LogP contribution is 2.40. The first-order chi connectivity index (χ1) is 9.57. The molecule has 0 aromatic carbocycles. The van der Waals surface area contributed by atoms with Gasteiger partial charge in [-0.15, -0.1) is 0 Å². The van der Waals surface area contributed by atoms with Gasteiger partial charge < -0.3 is 5.32 Å². The first kappa shape index (κ1) is 13.5. The number of likely N-dealkylation sites (tertiary alicyclic amines) is 1. The average Bonchev–Trinajstić information content (AvgIpc) is 2.95. The summed E-state index contributed by atoms with van der Waals surface area (Å²) < 4.78 is 0. The Morgan fingerprint density at radius 1 is 1.45 bits per heavy atom. The van der Waals surface area contributed by atoms with Crippen molar-refractivity contribution in [2.24, 2.45) is 11.8 Å². The number of anilines is 1. The molecule has 1 amide bonds. The van der Waals surface area contributed by atoms with E-state index in [1.54, 1.807) is 18.5 Å². The van der Waals surface area contributed by atoms with Crippen molar-refractivity contribution in [3.63, 3.8) is 0 Å². The molecule has 2 atom stereocenters. The van der Waals surface area contributed by atoms with Crippen LogP contribution in [0.4, 0.5) is 5.95 Å². The highest BCUT2D eigenvalue weighted by molar-refractivity contribution is 5.90. The van der Waals surface area contributed by atoms with Gasteiger partial charge in [-0.05, 0) is 38.3 Å². The molecule has 0 spiro atoms. The molecule has 6 heteroatoms. The van der Waals surface area contributed by atoms with Crippen molar-refractivity contribution in [1.29, 1.82) is 0 Å². The Morgan fingerprint density at radius 3 is 2.90 bits per heavy atom. The van der Waals surface area contributed by atoms with Gasteiger partial charge in [0.1, 0.15) is 0 Å². The second-order valence-electron chi connectivity index (χ2n) is 6.18. The van der Waals surface area contributed by atoms with Crippen LogP contribution in [0.5, 0.6) is 0 Å². The van der Waals surface area contributed by atoms with Crippen LogP contribution in [-0.4, -0.2) is 52.5 Å². The van der Waals surface area contributed by atoms with Crippen LogP contribution in [0.2, 0.25) is 0 Å². The molecule has 0 bridgehead atoms. The zero-order valence-corrected chi connectivity index (χ0v) is 12.0. The molecule has 20 heavy (non-hydrogen) atoms. The fraction of sp³-hybridized carbons (Fsp3) is 0.643. The molecule has 6 nitrogen and oxygen atoms in total. The van der Waals surface area contributed by atoms with Crippen molar-refractivity contribution in [2.75, 3.05) is 31.5 Å². The van der Waals surface area contributed by atoms with Crippen LogP contribution in [-0.2, 0) is 4.79 Å². The lowest BCUT2D eigenvalue weighted by Crippen LogP contribution is -2.47. The Bertz CT molecular complexity index is 490. The van der Waals surface area contributed by atoms with Crippen molar-refractivity contribution in [3.05, 3.63) is 18.5 Å². The Balaban J connectivity index is 1.62. The normalized spacial score (nSPS) is 28.3. The van der Waals surface area contributed by atoms with E-state index in [9.17, 15) is 4.79 Å². The third-order valence-electron chi connectivity index (χ3n) is 4.67. The summed E-state index contributed by atoms with van der Waals surface area (Å²) in [5, 5.41) is 6.20. The number of carbonyl (C=O) groups excluding carboxylic acids is 1. The van der Waals surface area contributed by atoms with Gasteiger partial charge in [-0.3, -0.25) is 15.0 Å². The van der Waals surface area contributed by atoms with Crippen molar-refractivity contribution in [3.8, 4) is 0 Å². The van der Waals surface area contributed by atoms with Gasteiger partial charge in [0.2, 0.25) is 11.9 Å². The summed E-state index contributed by atoms with van der Waals surface area (Å²) in [5.41, 5.74) is 0.0586. The van der Waals surface area contributed by atoms with Crippen molar-refractivity contribution in [2.45, 2.75) is 19.4 Å². The fourth-order valence-corrected chi connectivity index (χ4v) is 3.47. The van der Waals surface area contributed by atoms with Gasteiger partial charge in [-0.1, -0.05) is 0 Å². The number of hydrogen-bond acceptors (Lipinski definition) is 5. The summed E-state index contributed by atoms with van der Waals surface area (Å²) >= 11 is 0. The second-order valence-corrected chi connectivity index (χ2v) is 6.18. The van der Waals surface area contributed by atoms with Crippen LogP contribution >= 0.6 is 0 Å². The van der Waals surface area contributed by atoms with Crippen LogP contribution < -0.4 is 10.6 Å². The van der Waals surface area contributed by atoms with Crippen LogP contribution in [0, 0.1) is 11.8 Å². The molecule has 2 saturated heterocycles. The molecule has 2 N–H and O–H groups in total. The van der Waals surface area contributed by atoms with Crippen molar-refractivity contribution in [1.82, 2.24) is 20.2 Å². The van der Waals surface area contributed by atoms with Crippen LogP contribution in [0.15, 0.2) is 18.5 Å². The number of nitrogens with zero attached hydrogens (tertiary/aromatic N) is 3. The number of fused-ring (bicyclic) bond motifs is 1. The molecule has 108 valence electrons. The van der Waals surface area contributed by atoms with E-state index in [2.05, 4.69) is 39.3 Å². The van der Waals surface area contributed by atoms with E-state index in [4.69, 9.17) is 0 Å². The Morgan fingerprint density at radius 2 is 2.20 bits per heavy atom. The molecule has 2 aliphatic heterocycles. The minimum Gasteiger partial charge on any atom is -0.316 e. The summed E-state index contributed by atoms with van der Waals surface area (Å²) in [6.07, 6.45) is 3.25. The van der Waals surface area contributed by atoms with E-state index in [-0.39, 0.29) is 11.4 Å². The van der Waals surface area contributed by atoms with Crippen LogP contribution in [0.25, 0.3) is 0 Å². The summed E-state index contributed by atoms with van der Waals surface area (Å²) in [4.78, 5) is 22.4. The Hall–Kier alpha value is -1.53. The number of aromatic nitrogens is 2. The topological polar surface area (TPSA) is 70.2 Å². The monoisotopic (exact) mass is 275 g/mol. The molecule has 0 aliphatic carbocycles. The van der Waals surface area contributed by atoms with Gasteiger partial charge in [0.05, 0.1) is 6.54 Å².